The van der Waals surface area contributed by atoms with E-state index in [1.165, 1.54) is 24.3 Å². The standard InChI is InChI=1S/C34H24ClN3O5/c1-19-18-28-34(24-10-4-6-12-26(24)36-33(34)41)29(32(40)23-9-2-5-11-25(23)35)30(37(28)27-13-7-3-8-22(19)27)31(39)20-14-16-21(17-15-20)38(42)43/h2-18,28-30H,1H3,(H,36,41)/t28-,29+,30-,34+/m1/s1. The molecule has 1 saturated heterocycles. The summed E-state index contributed by atoms with van der Waals surface area (Å²) in [5.74, 6) is -2.44. The molecule has 4 atom stereocenters. The summed E-state index contributed by atoms with van der Waals surface area (Å²) in [6.45, 7) is 1.96. The van der Waals surface area contributed by atoms with E-state index in [0.29, 0.717) is 11.3 Å². The third-order valence-electron chi connectivity index (χ3n) is 8.94. The lowest BCUT2D eigenvalue weighted by molar-refractivity contribution is -0.384. The number of carbonyl (C=O) groups excluding carboxylic acids is 3. The fourth-order valence-corrected chi connectivity index (χ4v) is 7.36. The van der Waals surface area contributed by atoms with Gasteiger partial charge in [-0.1, -0.05) is 66.2 Å². The molecule has 0 bridgehead atoms. The van der Waals surface area contributed by atoms with Crippen molar-refractivity contribution >= 4 is 51.7 Å². The van der Waals surface area contributed by atoms with Crippen LogP contribution in [0.1, 0.15) is 38.8 Å². The van der Waals surface area contributed by atoms with Crippen LogP contribution in [0, 0.1) is 16.0 Å². The van der Waals surface area contributed by atoms with Crippen molar-refractivity contribution in [2.75, 3.05) is 10.2 Å². The molecular formula is C34H24ClN3O5. The number of nitro groups is 1. The van der Waals surface area contributed by atoms with Crippen LogP contribution in [-0.4, -0.2) is 34.5 Å². The van der Waals surface area contributed by atoms with Crippen LogP contribution in [0.3, 0.4) is 0 Å². The fraction of sp³-hybridized carbons (Fsp3) is 0.147. The third-order valence-corrected chi connectivity index (χ3v) is 9.27. The predicted octanol–water partition coefficient (Wildman–Crippen LogP) is 6.49. The first-order valence-electron chi connectivity index (χ1n) is 13.8. The number of rotatable bonds is 5. The van der Waals surface area contributed by atoms with Crippen LogP contribution in [0.4, 0.5) is 17.1 Å². The molecule has 0 radical (unpaired) electrons. The predicted molar refractivity (Wildman–Crippen MR) is 164 cm³/mol. The molecule has 3 aliphatic rings. The van der Waals surface area contributed by atoms with Gasteiger partial charge in [-0.3, -0.25) is 24.5 Å². The van der Waals surface area contributed by atoms with Gasteiger partial charge < -0.3 is 10.2 Å². The van der Waals surface area contributed by atoms with Crippen LogP contribution in [0.5, 0.6) is 0 Å². The zero-order valence-electron chi connectivity index (χ0n) is 22.9. The summed E-state index contributed by atoms with van der Waals surface area (Å²) < 4.78 is 0. The highest BCUT2D eigenvalue weighted by atomic mass is 35.5. The van der Waals surface area contributed by atoms with Gasteiger partial charge in [-0.05, 0) is 54.5 Å². The number of benzene rings is 4. The molecule has 4 aromatic carbocycles. The van der Waals surface area contributed by atoms with E-state index in [9.17, 15) is 24.5 Å². The number of nitrogens with one attached hydrogen (secondary N) is 1. The van der Waals surface area contributed by atoms with E-state index in [1.54, 1.807) is 30.3 Å². The van der Waals surface area contributed by atoms with Gasteiger partial charge in [0.25, 0.3) is 5.69 Å². The third kappa shape index (κ3) is 3.73. The van der Waals surface area contributed by atoms with Crippen molar-refractivity contribution in [3.8, 4) is 0 Å². The molecule has 3 aliphatic heterocycles. The highest BCUT2D eigenvalue weighted by Crippen LogP contribution is 2.59. The summed E-state index contributed by atoms with van der Waals surface area (Å²) in [4.78, 5) is 56.7. The molecule has 0 unspecified atom stereocenters. The van der Waals surface area contributed by atoms with Crippen molar-refractivity contribution in [3.63, 3.8) is 0 Å². The number of fused-ring (bicyclic) bond motifs is 6. The van der Waals surface area contributed by atoms with E-state index in [2.05, 4.69) is 5.32 Å². The number of Topliss-reactive ketones (excluding diaryl/α,β-unsaturated/α-hetero) is 2. The average Bonchev–Trinajstić information content (AvgIpc) is 3.49. The average molecular weight is 590 g/mol. The Morgan fingerprint density at radius 2 is 1.58 bits per heavy atom. The van der Waals surface area contributed by atoms with Crippen LogP contribution in [-0.2, 0) is 10.2 Å². The lowest BCUT2D eigenvalue weighted by Gasteiger charge is -2.39. The maximum atomic E-state index is 14.9. The van der Waals surface area contributed by atoms with E-state index in [-0.39, 0.29) is 27.7 Å². The van der Waals surface area contributed by atoms with Crippen LogP contribution >= 0.6 is 11.6 Å². The van der Waals surface area contributed by atoms with Gasteiger partial charge in [0.05, 0.1) is 21.9 Å². The first-order chi connectivity index (χ1) is 20.7. The molecule has 0 aromatic heterocycles. The molecule has 7 rings (SSSR count). The number of hydrogen-bond donors (Lipinski definition) is 1. The summed E-state index contributed by atoms with van der Waals surface area (Å²) in [6.07, 6.45) is 1.97. The van der Waals surface area contributed by atoms with E-state index in [0.717, 1.165) is 16.8 Å². The summed E-state index contributed by atoms with van der Waals surface area (Å²) in [6, 6.07) is 25.0. The first-order valence-corrected chi connectivity index (χ1v) is 14.2. The molecule has 1 amide bonds. The van der Waals surface area contributed by atoms with Crippen molar-refractivity contribution in [2.24, 2.45) is 5.92 Å². The topological polar surface area (TPSA) is 110 Å². The van der Waals surface area contributed by atoms with Crippen LogP contribution in [0.25, 0.3) is 5.57 Å². The number of hydrogen-bond acceptors (Lipinski definition) is 6. The number of nitrogens with zero attached hydrogens (tertiary/aromatic N) is 2. The molecule has 0 saturated carbocycles. The van der Waals surface area contributed by atoms with Gasteiger partial charge in [0.2, 0.25) is 5.91 Å². The van der Waals surface area contributed by atoms with E-state index in [1.807, 2.05) is 60.4 Å². The highest BCUT2D eigenvalue weighted by Gasteiger charge is 2.70. The van der Waals surface area contributed by atoms with Gasteiger partial charge in [0, 0.05) is 40.2 Å². The van der Waals surface area contributed by atoms with Gasteiger partial charge in [-0.2, -0.15) is 0 Å². The largest absolute Gasteiger partial charge is 0.352 e. The molecular weight excluding hydrogens is 566 g/mol. The maximum absolute atomic E-state index is 14.9. The summed E-state index contributed by atoms with van der Waals surface area (Å²) in [5, 5.41) is 14.6. The number of carbonyl (C=O) groups is 3. The minimum atomic E-state index is -1.48. The Morgan fingerprint density at radius 3 is 2.33 bits per heavy atom. The van der Waals surface area contributed by atoms with Crippen molar-refractivity contribution in [2.45, 2.75) is 24.4 Å². The molecule has 4 aromatic rings. The monoisotopic (exact) mass is 589 g/mol. The second-order valence-electron chi connectivity index (χ2n) is 11.0. The SMILES string of the molecule is CC1=C[C@H]2N(c3ccccc31)[C@@H](C(=O)c1ccc([N+](=O)[O-])cc1)[C@@H](C(=O)c1ccccc1Cl)[C@@]21C(=O)Nc2ccccc21. The van der Waals surface area contributed by atoms with Gasteiger partial charge in [-0.25, -0.2) is 0 Å². The lowest BCUT2D eigenvalue weighted by atomic mass is 9.64. The lowest BCUT2D eigenvalue weighted by Crippen LogP contribution is -2.51. The molecule has 0 aliphatic carbocycles. The Hall–Kier alpha value is -5.08. The van der Waals surface area contributed by atoms with Gasteiger partial charge in [0.1, 0.15) is 11.5 Å². The fourth-order valence-electron chi connectivity index (χ4n) is 7.13. The molecule has 212 valence electrons. The number of halogens is 1. The molecule has 1 fully saturated rings. The quantitative estimate of drug-likeness (QED) is 0.162. The van der Waals surface area contributed by atoms with Crippen LogP contribution in [0.15, 0.2) is 103 Å². The maximum Gasteiger partial charge on any atom is 0.269 e. The number of allylic oxidation sites excluding steroid dienone is 1. The van der Waals surface area contributed by atoms with Crippen molar-refractivity contribution in [1.82, 2.24) is 0 Å². The molecule has 1 N–H and O–H groups in total. The normalized spacial score (nSPS) is 23.2. The number of nitro benzene ring substituents is 1. The molecule has 43 heavy (non-hydrogen) atoms. The Morgan fingerprint density at radius 1 is 0.907 bits per heavy atom. The highest BCUT2D eigenvalue weighted by molar-refractivity contribution is 6.34. The zero-order chi connectivity index (χ0) is 30.0. The number of anilines is 2. The summed E-state index contributed by atoms with van der Waals surface area (Å²) >= 11 is 6.58. The minimum absolute atomic E-state index is 0.160. The van der Waals surface area contributed by atoms with Crippen molar-refractivity contribution < 1.29 is 19.3 Å². The Bertz CT molecular complexity index is 1900. The summed E-state index contributed by atoms with van der Waals surface area (Å²) in [5.41, 5.74) is 2.49. The van der Waals surface area contributed by atoms with Gasteiger partial charge in [-0.15, -0.1) is 0 Å². The van der Waals surface area contributed by atoms with Gasteiger partial charge >= 0.3 is 0 Å². The molecule has 3 heterocycles. The van der Waals surface area contributed by atoms with Crippen molar-refractivity contribution in [3.05, 3.63) is 141 Å². The Labute approximate surface area is 251 Å². The van der Waals surface area contributed by atoms with E-state index >= 15 is 0 Å². The second-order valence-corrected chi connectivity index (χ2v) is 11.4. The molecule has 8 nitrogen and oxygen atoms in total. The van der Waals surface area contributed by atoms with Crippen LogP contribution < -0.4 is 10.2 Å². The number of amides is 1. The van der Waals surface area contributed by atoms with Crippen LogP contribution in [0.2, 0.25) is 5.02 Å². The first kappa shape index (κ1) is 26.8. The van der Waals surface area contributed by atoms with E-state index in [4.69, 9.17) is 11.6 Å². The Balaban J connectivity index is 1.54. The zero-order valence-corrected chi connectivity index (χ0v) is 23.6. The molecule has 9 heteroatoms. The second kappa shape index (κ2) is 9.74. The smallest absolute Gasteiger partial charge is 0.269 e. The van der Waals surface area contributed by atoms with E-state index < -0.39 is 39.9 Å². The number of ketones is 2. The number of para-hydroxylation sites is 2. The number of non-ortho nitro benzene ring substituents is 1. The summed E-state index contributed by atoms with van der Waals surface area (Å²) in [7, 11) is 0. The van der Waals surface area contributed by atoms with Gasteiger partial charge in [0.15, 0.2) is 11.6 Å². The van der Waals surface area contributed by atoms with Crippen molar-refractivity contribution in [1.29, 1.82) is 0 Å². The molecule has 1 spiro atoms. The minimum Gasteiger partial charge on any atom is -0.352 e. The Kier molecular flexibility index (Phi) is 6.07.